The van der Waals surface area contributed by atoms with Crippen LogP contribution in [-0.4, -0.2) is 15.5 Å². The summed E-state index contributed by atoms with van der Waals surface area (Å²) in [6.07, 6.45) is -1.38. The molecule has 1 aromatic heterocycles. The summed E-state index contributed by atoms with van der Waals surface area (Å²) in [5, 5.41) is 0. The summed E-state index contributed by atoms with van der Waals surface area (Å²) in [5.74, 6) is -0.154. The maximum atomic E-state index is 12.4. The molecule has 1 aromatic carbocycles. The van der Waals surface area contributed by atoms with Gasteiger partial charge in [0.25, 0.3) is 0 Å². The van der Waals surface area contributed by atoms with Crippen LogP contribution >= 0.6 is 0 Å². The molecule has 0 bridgehead atoms. The van der Waals surface area contributed by atoms with Crippen molar-refractivity contribution in [1.82, 2.24) is 9.55 Å². The molecule has 2 rings (SSSR count). The molecule has 7 heteroatoms. The van der Waals surface area contributed by atoms with Gasteiger partial charge in [0.15, 0.2) is 0 Å². The van der Waals surface area contributed by atoms with E-state index in [2.05, 4.69) is 4.98 Å². The molecule has 0 atom stereocenters. The van der Waals surface area contributed by atoms with Crippen molar-refractivity contribution in [3.8, 4) is 11.4 Å². The molecule has 0 unspecified atom stereocenters. The second-order valence-corrected chi connectivity index (χ2v) is 3.92. The fourth-order valence-electron chi connectivity index (χ4n) is 1.67. The third kappa shape index (κ3) is 2.93. The van der Waals surface area contributed by atoms with Crippen molar-refractivity contribution in [2.75, 3.05) is 0 Å². The van der Waals surface area contributed by atoms with Crippen LogP contribution < -0.4 is 5.73 Å². The first-order chi connectivity index (χ1) is 8.88. The summed E-state index contributed by atoms with van der Waals surface area (Å²) < 4.78 is 38.8. The lowest BCUT2D eigenvalue weighted by molar-refractivity contribution is -0.137. The van der Waals surface area contributed by atoms with E-state index in [1.165, 1.54) is 29.1 Å². The van der Waals surface area contributed by atoms with Crippen molar-refractivity contribution < 1.29 is 18.0 Å². The van der Waals surface area contributed by atoms with Gasteiger partial charge in [0.05, 0.1) is 5.56 Å². The van der Waals surface area contributed by atoms with Crippen molar-refractivity contribution in [3.63, 3.8) is 0 Å². The Balaban J connectivity index is 2.33. The van der Waals surface area contributed by atoms with Crippen LogP contribution in [0, 0.1) is 0 Å². The molecular weight excluding hydrogens is 259 g/mol. The number of halogens is 3. The van der Waals surface area contributed by atoms with Gasteiger partial charge in [-0.25, -0.2) is 4.98 Å². The molecule has 0 saturated heterocycles. The van der Waals surface area contributed by atoms with Crippen LogP contribution in [0.1, 0.15) is 5.56 Å². The van der Waals surface area contributed by atoms with Gasteiger partial charge in [-0.3, -0.25) is 4.79 Å². The van der Waals surface area contributed by atoms with E-state index in [1.807, 2.05) is 0 Å². The second-order valence-electron chi connectivity index (χ2n) is 3.92. The molecule has 2 aromatic rings. The van der Waals surface area contributed by atoms with Crippen molar-refractivity contribution >= 4 is 5.91 Å². The maximum Gasteiger partial charge on any atom is 0.416 e. The van der Waals surface area contributed by atoms with Crippen LogP contribution in [0.4, 0.5) is 13.2 Å². The zero-order valence-electron chi connectivity index (χ0n) is 9.69. The van der Waals surface area contributed by atoms with Crippen molar-refractivity contribution in [2.45, 2.75) is 12.7 Å². The Bertz CT molecular complexity index is 587. The van der Waals surface area contributed by atoms with E-state index < -0.39 is 17.6 Å². The number of carbonyl (C=O) groups is 1. The van der Waals surface area contributed by atoms with Crippen molar-refractivity contribution in [3.05, 3.63) is 42.2 Å². The zero-order chi connectivity index (χ0) is 14.0. The molecular formula is C12H10F3N3O. The highest BCUT2D eigenvalue weighted by Crippen LogP contribution is 2.30. The number of alkyl halides is 3. The smallest absolute Gasteiger partial charge is 0.368 e. The van der Waals surface area contributed by atoms with Gasteiger partial charge >= 0.3 is 6.18 Å². The van der Waals surface area contributed by atoms with E-state index in [-0.39, 0.29) is 6.54 Å². The SMILES string of the molecule is NC(=O)Cn1ccnc1-c1ccc(C(F)(F)F)cc1. The van der Waals surface area contributed by atoms with Crippen molar-refractivity contribution in [2.24, 2.45) is 5.73 Å². The van der Waals surface area contributed by atoms with E-state index in [9.17, 15) is 18.0 Å². The van der Waals surface area contributed by atoms with E-state index in [0.717, 1.165) is 12.1 Å². The molecule has 1 heterocycles. The molecule has 0 fully saturated rings. The Kier molecular flexibility index (Phi) is 3.28. The van der Waals surface area contributed by atoms with Gasteiger partial charge in [-0.05, 0) is 12.1 Å². The van der Waals surface area contributed by atoms with E-state index in [4.69, 9.17) is 5.73 Å². The van der Waals surface area contributed by atoms with Gasteiger partial charge in [-0.15, -0.1) is 0 Å². The summed E-state index contributed by atoms with van der Waals surface area (Å²) in [4.78, 5) is 14.9. The molecule has 100 valence electrons. The predicted octanol–water partition coefficient (Wildman–Crippen LogP) is 2.05. The molecule has 0 aliphatic carbocycles. The first kappa shape index (κ1) is 13.1. The summed E-state index contributed by atoms with van der Waals surface area (Å²) in [5.41, 5.74) is 4.83. The topological polar surface area (TPSA) is 60.9 Å². The van der Waals surface area contributed by atoms with Gasteiger partial charge in [0.1, 0.15) is 12.4 Å². The molecule has 0 spiro atoms. The molecule has 0 saturated carbocycles. The van der Waals surface area contributed by atoms with Gasteiger partial charge in [0.2, 0.25) is 5.91 Å². The lowest BCUT2D eigenvalue weighted by Gasteiger charge is -2.08. The van der Waals surface area contributed by atoms with Crippen LogP contribution in [0.3, 0.4) is 0 Å². The van der Waals surface area contributed by atoms with Crippen LogP contribution in [-0.2, 0) is 17.5 Å². The number of benzene rings is 1. The standard InChI is InChI=1S/C12H10F3N3O/c13-12(14,15)9-3-1-8(2-4-9)11-17-5-6-18(11)7-10(16)19/h1-6H,7H2,(H2,16,19). The summed E-state index contributed by atoms with van der Waals surface area (Å²) >= 11 is 0. The van der Waals surface area contributed by atoms with Gasteiger partial charge in [-0.1, -0.05) is 12.1 Å². The van der Waals surface area contributed by atoms with Gasteiger partial charge < -0.3 is 10.3 Å². The maximum absolute atomic E-state index is 12.4. The van der Waals surface area contributed by atoms with Gasteiger partial charge in [-0.2, -0.15) is 13.2 Å². The number of imidazole rings is 1. The largest absolute Gasteiger partial charge is 0.416 e. The van der Waals surface area contributed by atoms with Crippen LogP contribution in [0.5, 0.6) is 0 Å². The predicted molar refractivity (Wildman–Crippen MR) is 61.9 cm³/mol. The van der Waals surface area contributed by atoms with E-state index in [1.54, 1.807) is 0 Å². The van der Waals surface area contributed by atoms with Crippen molar-refractivity contribution in [1.29, 1.82) is 0 Å². The third-order valence-electron chi connectivity index (χ3n) is 2.51. The van der Waals surface area contributed by atoms with Crippen LogP contribution in [0.15, 0.2) is 36.7 Å². The Morgan fingerprint density at radius 3 is 2.42 bits per heavy atom. The molecule has 19 heavy (non-hydrogen) atoms. The summed E-state index contributed by atoms with van der Waals surface area (Å²) in [6, 6.07) is 4.56. The van der Waals surface area contributed by atoms with E-state index in [0.29, 0.717) is 11.4 Å². The number of rotatable bonds is 3. The highest BCUT2D eigenvalue weighted by Gasteiger charge is 2.30. The number of nitrogens with two attached hydrogens (primary N) is 1. The quantitative estimate of drug-likeness (QED) is 0.927. The minimum atomic E-state index is -4.37. The first-order valence-corrected chi connectivity index (χ1v) is 5.35. The van der Waals surface area contributed by atoms with Crippen LogP contribution in [0.25, 0.3) is 11.4 Å². The summed E-state index contributed by atoms with van der Waals surface area (Å²) in [7, 11) is 0. The molecule has 2 N–H and O–H groups in total. The average Bonchev–Trinajstić information content (AvgIpc) is 2.75. The number of hydrogen-bond acceptors (Lipinski definition) is 2. The lowest BCUT2D eigenvalue weighted by atomic mass is 10.1. The Labute approximate surface area is 106 Å². The number of hydrogen-bond donors (Lipinski definition) is 1. The molecule has 0 aliphatic heterocycles. The van der Waals surface area contributed by atoms with E-state index >= 15 is 0 Å². The monoisotopic (exact) mass is 269 g/mol. The Morgan fingerprint density at radius 2 is 1.89 bits per heavy atom. The second kappa shape index (κ2) is 4.75. The third-order valence-corrected chi connectivity index (χ3v) is 2.51. The van der Waals surface area contributed by atoms with Crippen LogP contribution in [0.2, 0.25) is 0 Å². The summed E-state index contributed by atoms with van der Waals surface area (Å²) in [6.45, 7) is -0.0731. The minimum Gasteiger partial charge on any atom is -0.368 e. The first-order valence-electron chi connectivity index (χ1n) is 5.35. The average molecular weight is 269 g/mol. The number of nitrogens with zero attached hydrogens (tertiary/aromatic N) is 2. The fraction of sp³-hybridized carbons (Fsp3) is 0.167. The Hall–Kier alpha value is -2.31. The fourth-order valence-corrected chi connectivity index (χ4v) is 1.67. The lowest BCUT2D eigenvalue weighted by Crippen LogP contribution is -2.18. The number of carbonyl (C=O) groups excluding carboxylic acids is 1. The van der Waals surface area contributed by atoms with Gasteiger partial charge in [0, 0.05) is 18.0 Å². The normalized spacial score (nSPS) is 11.5. The number of aromatic nitrogens is 2. The highest BCUT2D eigenvalue weighted by molar-refractivity contribution is 5.74. The number of amides is 1. The number of primary amides is 1. The Morgan fingerprint density at radius 1 is 1.26 bits per heavy atom. The molecule has 4 nitrogen and oxygen atoms in total. The molecule has 0 radical (unpaired) electrons. The highest BCUT2D eigenvalue weighted by atomic mass is 19.4. The molecule has 0 aliphatic rings. The minimum absolute atomic E-state index is 0.0731. The zero-order valence-corrected chi connectivity index (χ0v) is 9.69. The molecule has 1 amide bonds.